The van der Waals surface area contributed by atoms with Crippen LogP contribution in [-0.2, 0) is 17.4 Å². The molecule has 0 saturated heterocycles. The maximum Gasteiger partial charge on any atom is 0.433 e. The maximum absolute atomic E-state index is 12.4. The fourth-order valence-electron chi connectivity index (χ4n) is 1.09. The maximum atomic E-state index is 12.4. The summed E-state index contributed by atoms with van der Waals surface area (Å²) in [6, 6.07) is 1.13. The molecule has 0 aliphatic rings. The molecule has 1 heterocycles. The molecular formula is C8H7F3N2O2. The van der Waals surface area contributed by atoms with Crippen LogP contribution in [0.1, 0.15) is 11.3 Å². The summed E-state index contributed by atoms with van der Waals surface area (Å²) in [6.45, 7) is 0. The number of hydrogen-bond acceptors (Lipinski definition) is 3. The minimum Gasteiger partial charge on any atom is -0.481 e. The van der Waals surface area contributed by atoms with Crippen LogP contribution in [-0.4, -0.2) is 16.1 Å². The predicted molar refractivity (Wildman–Crippen MR) is 45.0 cm³/mol. The Morgan fingerprint density at radius 3 is 2.60 bits per heavy atom. The molecule has 0 aromatic carbocycles. The fraction of sp³-hybridized carbons (Fsp3) is 0.250. The Kier molecular flexibility index (Phi) is 2.83. The van der Waals surface area contributed by atoms with Gasteiger partial charge in [-0.05, 0) is 6.07 Å². The number of pyridine rings is 1. The van der Waals surface area contributed by atoms with Crippen molar-refractivity contribution in [3.63, 3.8) is 0 Å². The van der Waals surface area contributed by atoms with E-state index in [4.69, 9.17) is 10.8 Å². The van der Waals surface area contributed by atoms with Gasteiger partial charge in [0.15, 0.2) is 0 Å². The number of carboxylic acid groups (broad SMARTS) is 1. The number of alkyl halides is 3. The predicted octanol–water partition coefficient (Wildman–Crippen LogP) is 1.31. The first-order valence-corrected chi connectivity index (χ1v) is 3.84. The van der Waals surface area contributed by atoms with Crippen molar-refractivity contribution < 1.29 is 23.1 Å². The summed E-state index contributed by atoms with van der Waals surface area (Å²) >= 11 is 0. The highest BCUT2D eigenvalue weighted by Gasteiger charge is 2.36. The van der Waals surface area contributed by atoms with Crippen LogP contribution < -0.4 is 5.73 Å². The third-order valence-electron chi connectivity index (χ3n) is 1.69. The molecule has 1 aromatic rings. The summed E-state index contributed by atoms with van der Waals surface area (Å²) < 4.78 is 37.1. The molecule has 3 N–H and O–H groups in total. The van der Waals surface area contributed by atoms with Crippen molar-refractivity contribution >= 4 is 11.7 Å². The van der Waals surface area contributed by atoms with Crippen LogP contribution >= 0.6 is 0 Å². The highest BCUT2D eigenvalue weighted by molar-refractivity contribution is 5.73. The molecule has 7 heteroatoms. The fourth-order valence-corrected chi connectivity index (χ4v) is 1.09. The second-order valence-corrected chi connectivity index (χ2v) is 2.80. The Morgan fingerprint density at radius 1 is 1.53 bits per heavy atom. The zero-order valence-electron chi connectivity index (χ0n) is 7.38. The van der Waals surface area contributed by atoms with E-state index >= 15 is 0 Å². The second-order valence-electron chi connectivity index (χ2n) is 2.80. The van der Waals surface area contributed by atoms with Crippen LogP contribution in [0.25, 0.3) is 0 Å². The van der Waals surface area contributed by atoms with E-state index < -0.39 is 29.8 Å². The van der Waals surface area contributed by atoms with E-state index in [2.05, 4.69) is 4.98 Å². The first kappa shape index (κ1) is 11.3. The number of aliphatic carboxylic acids is 1. The van der Waals surface area contributed by atoms with Gasteiger partial charge in [0.05, 0.1) is 6.42 Å². The summed E-state index contributed by atoms with van der Waals surface area (Å²) in [5.41, 5.74) is 3.29. The lowest BCUT2D eigenvalue weighted by Gasteiger charge is -2.11. The van der Waals surface area contributed by atoms with Crippen LogP contribution in [0.3, 0.4) is 0 Å². The van der Waals surface area contributed by atoms with Gasteiger partial charge in [0.2, 0.25) is 0 Å². The molecule has 0 saturated carbocycles. The number of aromatic nitrogens is 1. The summed E-state index contributed by atoms with van der Waals surface area (Å²) in [5, 5.41) is 8.43. The first-order chi connectivity index (χ1) is 6.82. The minimum absolute atomic E-state index is 0.222. The van der Waals surface area contributed by atoms with Crippen molar-refractivity contribution in [1.29, 1.82) is 0 Å². The number of carboxylic acids is 1. The average Bonchev–Trinajstić information content (AvgIpc) is 2.05. The monoisotopic (exact) mass is 220 g/mol. The second kappa shape index (κ2) is 3.76. The molecule has 0 radical (unpaired) electrons. The SMILES string of the molecule is Nc1ccnc(C(F)(F)F)c1CC(=O)O. The number of nitrogens with two attached hydrogens (primary N) is 1. The molecule has 1 aromatic heterocycles. The average molecular weight is 220 g/mol. The lowest BCUT2D eigenvalue weighted by atomic mass is 10.1. The highest BCUT2D eigenvalue weighted by Crippen LogP contribution is 2.32. The number of hydrogen-bond donors (Lipinski definition) is 2. The number of anilines is 1. The molecule has 82 valence electrons. The quantitative estimate of drug-likeness (QED) is 0.787. The van der Waals surface area contributed by atoms with E-state index in [0.717, 1.165) is 12.3 Å². The summed E-state index contributed by atoms with van der Waals surface area (Å²) in [6.07, 6.45) is -4.60. The number of halogens is 3. The van der Waals surface area contributed by atoms with Gasteiger partial charge in [-0.2, -0.15) is 13.2 Å². The van der Waals surface area contributed by atoms with E-state index in [1.165, 1.54) is 0 Å². The number of nitrogens with zero attached hydrogens (tertiary/aromatic N) is 1. The van der Waals surface area contributed by atoms with Crippen molar-refractivity contribution in [2.24, 2.45) is 0 Å². The zero-order valence-corrected chi connectivity index (χ0v) is 7.38. The van der Waals surface area contributed by atoms with Gasteiger partial charge in [0.25, 0.3) is 0 Å². The van der Waals surface area contributed by atoms with E-state index in [9.17, 15) is 18.0 Å². The molecule has 0 aliphatic carbocycles. The van der Waals surface area contributed by atoms with E-state index in [1.54, 1.807) is 0 Å². The normalized spacial score (nSPS) is 11.4. The van der Waals surface area contributed by atoms with Crippen molar-refractivity contribution in [2.45, 2.75) is 12.6 Å². The molecule has 0 atom stereocenters. The Morgan fingerprint density at radius 2 is 2.13 bits per heavy atom. The van der Waals surface area contributed by atoms with Crippen LogP contribution in [0.4, 0.5) is 18.9 Å². The minimum atomic E-state index is -4.69. The number of rotatable bonds is 2. The van der Waals surface area contributed by atoms with Crippen molar-refractivity contribution in [3.05, 3.63) is 23.5 Å². The highest BCUT2D eigenvalue weighted by atomic mass is 19.4. The van der Waals surface area contributed by atoms with Gasteiger partial charge in [0.1, 0.15) is 5.69 Å². The molecule has 15 heavy (non-hydrogen) atoms. The largest absolute Gasteiger partial charge is 0.481 e. The van der Waals surface area contributed by atoms with E-state index in [0.29, 0.717) is 0 Å². The van der Waals surface area contributed by atoms with Gasteiger partial charge >= 0.3 is 12.1 Å². The molecular weight excluding hydrogens is 213 g/mol. The number of nitrogen functional groups attached to an aromatic ring is 1. The van der Waals surface area contributed by atoms with Gasteiger partial charge in [-0.25, -0.2) is 0 Å². The standard InChI is InChI=1S/C8H7F3N2O2/c9-8(10,11)7-4(3-6(14)15)5(12)1-2-13-7/h1-2H,3H2,(H2,12,13)(H,14,15). The van der Waals surface area contributed by atoms with Crippen LogP contribution in [0.15, 0.2) is 12.3 Å². The third kappa shape index (κ3) is 2.58. The Hall–Kier alpha value is -1.79. The van der Waals surface area contributed by atoms with E-state index in [1.807, 2.05) is 0 Å². The van der Waals surface area contributed by atoms with Gasteiger partial charge < -0.3 is 10.8 Å². The zero-order chi connectivity index (χ0) is 11.6. The van der Waals surface area contributed by atoms with Crippen molar-refractivity contribution in [3.8, 4) is 0 Å². The summed E-state index contributed by atoms with van der Waals surface area (Å²) in [4.78, 5) is 13.4. The first-order valence-electron chi connectivity index (χ1n) is 3.84. The van der Waals surface area contributed by atoms with Gasteiger partial charge in [-0.15, -0.1) is 0 Å². The van der Waals surface area contributed by atoms with Crippen molar-refractivity contribution in [1.82, 2.24) is 4.98 Å². The topological polar surface area (TPSA) is 76.2 Å². The molecule has 0 unspecified atom stereocenters. The smallest absolute Gasteiger partial charge is 0.433 e. The number of carbonyl (C=O) groups is 1. The summed E-state index contributed by atoms with van der Waals surface area (Å²) in [5.74, 6) is -1.39. The molecule has 0 amide bonds. The van der Waals surface area contributed by atoms with Gasteiger partial charge in [-0.1, -0.05) is 0 Å². The lowest BCUT2D eigenvalue weighted by Crippen LogP contribution is -2.16. The molecule has 0 fully saturated rings. The molecule has 0 aliphatic heterocycles. The molecule has 1 rings (SSSR count). The third-order valence-corrected chi connectivity index (χ3v) is 1.69. The van der Waals surface area contributed by atoms with Crippen LogP contribution in [0, 0.1) is 0 Å². The van der Waals surface area contributed by atoms with Crippen molar-refractivity contribution in [2.75, 3.05) is 5.73 Å². The van der Waals surface area contributed by atoms with Crippen LogP contribution in [0.2, 0.25) is 0 Å². The lowest BCUT2D eigenvalue weighted by molar-refractivity contribution is -0.142. The Bertz CT molecular complexity index is 390. The van der Waals surface area contributed by atoms with Crippen LogP contribution in [0.5, 0.6) is 0 Å². The summed E-state index contributed by atoms with van der Waals surface area (Å²) in [7, 11) is 0. The van der Waals surface area contributed by atoms with Gasteiger partial charge in [0, 0.05) is 17.4 Å². The Balaban J connectivity index is 3.26. The van der Waals surface area contributed by atoms with Gasteiger partial charge in [-0.3, -0.25) is 9.78 Å². The molecule has 0 bridgehead atoms. The molecule has 4 nitrogen and oxygen atoms in total. The van der Waals surface area contributed by atoms with E-state index in [-0.39, 0.29) is 5.69 Å². The molecule has 0 spiro atoms. The Labute approximate surface area is 82.5 Å².